The number of rotatable bonds is 5. The fraction of sp³-hybridized carbons (Fsp3) is 0.429. The zero-order chi connectivity index (χ0) is 15.0. The second-order valence-electron chi connectivity index (χ2n) is 3.92. The molecule has 0 atom stereocenters. The van der Waals surface area contributed by atoms with Crippen molar-refractivity contribution in [2.24, 2.45) is 5.73 Å². The Morgan fingerprint density at radius 2 is 2.05 bits per heavy atom. The molecule has 0 bridgehead atoms. The summed E-state index contributed by atoms with van der Waals surface area (Å²) in [7, 11) is 0. The van der Waals surface area contributed by atoms with Gasteiger partial charge in [0.25, 0.3) is 5.91 Å². The smallest absolute Gasteiger partial charge is 0.261 e. The standard InChI is InChI=1S/C14H19N3O2S/c1-3-17(4-2)13(18)10-16-14(19)12-8-7-11(20-12)6-5-9-15/h7-8H,3-4,9-10,15H2,1-2H3,(H,16,19). The summed E-state index contributed by atoms with van der Waals surface area (Å²) in [5.41, 5.74) is 5.29. The van der Waals surface area contributed by atoms with E-state index in [1.807, 2.05) is 13.8 Å². The van der Waals surface area contributed by atoms with Gasteiger partial charge in [0, 0.05) is 13.1 Å². The first-order chi connectivity index (χ1) is 9.62. The normalized spacial score (nSPS) is 9.55. The van der Waals surface area contributed by atoms with Crippen molar-refractivity contribution < 1.29 is 9.59 Å². The van der Waals surface area contributed by atoms with Gasteiger partial charge in [-0.05, 0) is 26.0 Å². The molecular formula is C14H19N3O2S. The van der Waals surface area contributed by atoms with E-state index in [2.05, 4.69) is 17.2 Å². The summed E-state index contributed by atoms with van der Waals surface area (Å²) >= 11 is 1.29. The summed E-state index contributed by atoms with van der Waals surface area (Å²) in [6, 6.07) is 3.47. The van der Waals surface area contributed by atoms with E-state index < -0.39 is 0 Å². The SMILES string of the molecule is CCN(CC)C(=O)CNC(=O)c1ccc(C#CCN)s1. The van der Waals surface area contributed by atoms with Crippen LogP contribution in [0.3, 0.4) is 0 Å². The third-order valence-corrected chi connectivity index (χ3v) is 3.66. The minimum absolute atomic E-state index is 0.0161. The van der Waals surface area contributed by atoms with Crippen LogP contribution >= 0.6 is 11.3 Å². The lowest BCUT2D eigenvalue weighted by Gasteiger charge is -2.18. The minimum atomic E-state index is -0.253. The van der Waals surface area contributed by atoms with E-state index in [-0.39, 0.29) is 24.9 Å². The lowest BCUT2D eigenvalue weighted by Crippen LogP contribution is -2.39. The van der Waals surface area contributed by atoms with Crippen molar-refractivity contribution in [3.8, 4) is 11.8 Å². The zero-order valence-electron chi connectivity index (χ0n) is 11.7. The van der Waals surface area contributed by atoms with Crippen LogP contribution in [0.2, 0.25) is 0 Å². The molecule has 0 aliphatic heterocycles. The molecule has 0 unspecified atom stereocenters. The van der Waals surface area contributed by atoms with Gasteiger partial charge in [0.05, 0.1) is 22.8 Å². The van der Waals surface area contributed by atoms with Crippen LogP contribution in [0.25, 0.3) is 0 Å². The average Bonchev–Trinajstić information content (AvgIpc) is 2.92. The van der Waals surface area contributed by atoms with Crippen molar-refractivity contribution in [1.29, 1.82) is 0 Å². The number of hydrogen-bond donors (Lipinski definition) is 2. The third-order valence-electron chi connectivity index (χ3n) is 2.66. The molecule has 108 valence electrons. The van der Waals surface area contributed by atoms with Crippen molar-refractivity contribution in [2.45, 2.75) is 13.8 Å². The van der Waals surface area contributed by atoms with Crippen LogP contribution in [-0.4, -0.2) is 42.9 Å². The number of nitrogens with two attached hydrogens (primary N) is 1. The molecule has 20 heavy (non-hydrogen) atoms. The molecule has 1 aromatic rings. The summed E-state index contributed by atoms with van der Waals surface area (Å²) in [5.74, 6) is 5.27. The molecule has 3 N–H and O–H groups in total. The fourth-order valence-corrected chi connectivity index (χ4v) is 2.39. The van der Waals surface area contributed by atoms with Crippen LogP contribution < -0.4 is 11.1 Å². The van der Waals surface area contributed by atoms with Crippen molar-refractivity contribution in [3.05, 3.63) is 21.9 Å². The maximum Gasteiger partial charge on any atom is 0.261 e. The summed E-state index contributed by atoms with van der Waals surface area (Å²) in [6.45, 7) is 5.40. The maximum absolute atomic E-state index is 11.9. The Morgan fingerprint density at radius 3 is 2.65 bits per heavy atom. The molecule has 0 saturated carbocycles. The largest absolute Gasteiger partial charge is 0.342 e. The second kappa shape index (κ2) is 8.35. The Labute approximate surface area is 123 Å². The van der Waals surface area contributed by atoms with Gasteiger partial charge in [-0.2, -0.15) is 0 Å². The van der Waals surface area contributed by atoms with Gasteiger partial charge in [-0.25, -0.2) is 0 Å². The number of hydrogen-bond acceptors (Lipinski definition) is 4. The minimum Gasteiger partial charge on any atom is -0.342 e. The number of thiophene rings is 1. The summed E-state index contributed by atoms with van der Waals surface area (Å²) < 4.78 is 0. The molecule has 0 aromatic carbocycles. The number of amides is 2. The summed E-state index contributed by atoms with van der Waals surface area (Å²) in [5, 5.41) is 2.62. The van der Waals surface area contributed by atoms with E-state index in [4.69, 9.17) is 5.73 Å². The highest BCUT2D eigenvalue weighted by Crippen LogP contribution is 2.14. The highest BCUT2D eigenvalue weighted by molar-refractivity contribution is 7.14. The van der Waals surface area contributed by atoms with Gasteiger partial charge in [0.15, 0.2) is 0 Å². The van der Waals surface area contributed by atoms with Crippen molar-refractivity contribution >= 4 is 23.2 Å². The van der Waals surface area contributed by atoms with Gasteiger partial charge in [-0.15, -0.1) is 11.3 Å². The van der Waals surface area contributed by atoms with E-state index >= 15 is 0 Å². The molecule has 1 rings (SSSR count). The maximum atomic E-state index is 11.9. The molecule has 1 aromatic heterocycles. The first-order valence-corrected chi connectivity index (χ1v) is 7.28. The molecule has 5 nitrogen and oxygen atoms in total. The number of likely N-dealkylation sites (N-methyl/N-ethyl adjacent to an activating group) is 1. The van der Waals surface area contributed by atoms with Gasteiger partial charge in [0.1, 0.15) is 0 Å². The van der Waals surface area contributed by atoms with Gasteiger partial charge in [-0.3, -0.25) is 9.59 Å². The summed E-state index contributed by atoms with van der Waals surface area (Å²) in [4.78, 5) is 26.7. The Kier molecular flexibility index (Phi) is 6.77. The monoisotopic (exact) mass is 293 g/mol. The van der Waals surface area contributed by atoms with Crippen molar-refractivity contribution in [3.63, 3.8) is 0 Å². The van der Waals surface area contributed by atoms with Crippen molar-refractivity contribution in [1.82, 2.24) is 10.2 Å². The molecular weight excluding hydrogens is 274 g/mol. The Bertz CT molecular complexity index is 524. The van der Waals surface area contributed by atoms with Crippen LogP contribution in [0.15, 0.2) is 12.1 Å². The highest BCUT2D eigenvalue weighted by atomic mass is 32.1. The number of carbonyl (C=O) groups is 2. The molecule has 6 heteroatoms. The summed E-state index contributed by atoms with van der Waals surface area (Å²) in [6.07, 6.45) is 0. The Hall–Kier alpha value is -1.84. The first kappa shape index (κ1) is 16.2. The average molecular weight is 293 g/mol. The Morgan fingerprint density at radius 1 is 1.35 bits per heavy atom. The lowest BCUT2D eigenvalue weighted by atomic mass is 10.4. The Balaban J connectivity index is 2.55. The second-order valence-corrected chi connectivity index (χ2v) is 5.00. The van der Waals surface area contributed by atoms with Crippen LogP contribution in [0.5, 0.6) is 0 Å². The van der Waals surface area contributed by atoms with E-state index in [9.17, 15) is 9.59 Å². The van der Waals surface area contributed by atoms with Gasteiger partial charge in [-0.1, -0.05) is 11.8 Å². The zero-order valence-corrected chi connectivity index (χ0v) is 12.5. The molecule has 2 amide bonds. The predicted molar refractivity (Wildman–Crippen MR) is 80.5 cm³/mol. The van der Waals surface area contributed by atoms with Gasteiger partial charge >= 0.3 is 0 Å². The van der Waals surface area contributed by atoms with Crippen LogP contribution in [0.4, 0.5) is 0 Å². The number of nitrogens with one attached hydrogen (secondary N) is 1. The van der Waals surface area contributed by atoms with Crippen LogP contribution in [0, 0.1) is 11.8 Å². The molecule has 0 saturated heterocycles. The third kappa shape index (κ3) is 4.68. The van der Waals surface area contributed by atoms with E-state index in [0.29, 0.717) is 18.0 Å². The van der Waals surface area contributed by atoms with Crippen molar-refractivity contribution in [2.75, 3.05) is 26.2 Å². The molecule has 0 spiro atoms. The topological polar surface area (TPSA) is 75.4 Å². The number of carbonyl (C=O) groups excluding carboxylic acids is 2. The van der Waals surface area contributed by atoms with Gasteiger partial charge in [0.2, 0.25) is 5.91 Å². The fourth-order valence-electron chi connectivity index (χ4n) is 1.60. The molecule has 0 aliphatic rings. The van der Waals surface area contributed by atoms with E-state index in [1.54, 1.807) is 17.0 Å². The number of nitrogens with zero attached hydrogens (tertiary/aromatic N) is 1. The first-order valence-electron chi connectivity index (χ1n) is 6.47. The lowest BCUT2D eigenvalue weighted by molar-refractivity contribution is -0.129. The van der Waals surface area contributed by atoms with E-state index in [0.717, 1.165) is 4.88 Å². The van der Waals surface area contributed by atoms with E-state index in [1.165, 1.54) is 11.3 Å². The molecule has 0 radical (unpaired) electrons. The van der Waals surface area contributed by atoms with Crippen LogP contribution in [0.1, 0.15) is 28.4 Å². The quantitative estimate of drug-likeness (QED) is 0.783. The molecule has 1 heterocycles. The highest BCUT2D eigenvalue weighted by Gasteiger charge is 2.13. The van der Waals surface area contributed by atoms with Crippen LogP contribution in [-0.2, 0) is 4.79 Å². The predicted octanol–water partition coefficient (Wildman–Crippen LogP) is 0.657. The molecule has 0 fully saturated rings. The van der Waals surface area contributed by atoms with Gasteiger partial charge < -0.3 is 16.0 Å². The molecule has 0 aliphatic carbocycles.